The first-order chi connectivity index (χ1) is 9.70. The minimum atomic E-state index is -0.445. The third-order valence-corrected chi connectivity index (χ3v) is 4.26. The quantitative estimate of drug-likeness (QED) is 0.603. The van der Waals surface area contributed by atoms with Crippen molar-refractivity contribution >= 4 is 5.91 Å². The van der Waals surface area contributed by atoms with Gasteiger partial charge in [0.05, 0.1) is 24.4 Å². The zero-order chi connectivity index (χ0) is 14.4. The first-order valence-corrected chi connectivity index (χ1v) is 7.29. The predicted molar refractivity (Wildman–Crippen MR) is 75.9 cm³/mol. The fraction of sp³-hybridized carbons (Fsp3) is 0.714. The average Bonchev–Trinajstić information content (AvgIpc) is 3.00. The van der Waals surface area contributed by atoms with Gasteiger partial charge in [0.1, 0.15) is 0 Å². The van der Waals surface area contributed by atoms with E-state index in [1.165, 1.54) is 6.42 Å². The van der Waals surface area contributed by atoms with Crippen molar-refractivity contribution in [3.63, 3.8) is 0 Å². The standard InChI is InChI=1S/C14H24N4O2/c15-9-14(4-2-1-3-5-14)13(20)18-12(8-19)6-11-7-16-10-17-11/h7,10,12,19H,1-6,8-9,15H2,(H,16,17)(H,18,20)/t12-/m0/s1. The van der Waals surface area contributed by atoms with Gasteiger partial charge in [0, 0.05) is 24.9 Å². The first kappa shape index (κ1) is 15.0. The van der Waals surface area contributed by atoms with Crippen molar-refractivity contribution in [1.29, 1.82) is 0 Å². The lowest BCUT2D eigenvalue weighted by Crippen LogP contribution is -2.51. The molecule has 1 amide bonds. The second-order valence-corrected chi connectivity index (χ2v) is 5.68. The summed E-state index contributed by atoms with van der Waals surface area (Å²) in [5.74, 6) is -0.0155. The second kappa shape index (κ2) is 6.85. The van der Waals surface area contributed by atoms with E-state index in [4.69, 9.17) is 5.73 Å². The van der Waals surface area contributed by atoms with Gasteiger partial charge < -0.3 is 21.1 Å². The van der Waals surface area contributed by atoms with Crippen LogP contribution in [0.1, 0.15) is 37.8 Å². The summed E-state index contributed by atoms with van der Waals surface area (Å²) in [5.41, 5.74) is 6.31. The van der Waals surface area contributed by atoms with Crippen molar-refractivity contribution in [3.05, 3.63) is 18.2 Å². The van der Waals surface area contributed by atoms with E-state index in [1.54, 1.807) is 12.5 Å². The van der Waals surface area contributed by atoms with Crippen molar-refractivity contribution in [2.45, 2.75) is 44.6 Å². The summed E-state index contributed by atoms with van der Waals surface area (Å²) in [6, 6.07) is -0.298. The van der Waals surface area contributed by atoms with Crippen LogP contribution in [-0.4, -0.2) is 40.2 Å². The maximum Gasteiger partial charge on any atom is 0.227 e. The number of rotatable bonds is 6. The lowest BCUT2D eigenvalue weighted by Gasteiger charge is -2.35. The Morgan fingerprint density at radius 2 is 2.25 bits per heavy atom. The van der Waals surface area contributed by atoms with E-state index in [-0.39, 0.29) is 18.6 Å². The van der Waals surface area contributed by atoms with Crippen molar-refractivity contribution in [2.24, 2.45) is 11.1 Å². The number of aromatic amines is 1. The average molecular weight is 280 g/mol. The van der Waals surface area contributed by atoms with Crippen LogP contribution >= 0.6 is 0 Å². The van der Waals surface area contributed by atoms with Crippen LogP contribution in [0.3, 0.4) is 0 Å². The third-order valence-electron chi connectivity index (χ3n) is 4.26. The minimum Gasteiger partial charge on any atom is -0.394 e. The smallest absolute Gasteiger partial charge is 0.227 e. The summed E-state index contributed by atoms with van der Waals surface area (Å²) in [4.78, 5) is 19.4. The Labute approximate surface area is 119 Å². The maximum atomic E-state index is 12.5. The number of carbonyl (C=O) groups excluding carboxylic acids is 1. The molecule has 1 aliphatic carbocycles. The molecule has 0 spiro atoms. The SMILES string of the molecule is NCC1(C(=O)N[C@H](CO)Cc2cnc[nH]2)CCCCC1. The highest BCUT2D eigenvalue weighted by Crippen LogP contribution is 2.35. The van der Waals surface area contributed by atoms with Crippen LogP contribution < -0.4 is 11.1 Å². The number of nitrogens with one attached hydrogen (secondary N) is 2. The van der Waals surface area contributed by atoms with Crippen LogP contribution in [0.2, 0.25) is 0 Å². The van der Waals surface area contributed by atoms with Crippen LogP contribution in [0.25, 0.3) is 0 Å². The molecule has 0 unspecified atom stereocenters. The molecule has 1 fully saturated rings. The number of nitrogens with two attached hydrogens (primary N) is 1. The molecule has 0 bridgehead atoms. The first-order valence-electron chi connectivity index (χ1n) is 7.29. The van der Waals surface area contributed by atoms with Gasteiger partial charge >= 0.3 is 0 Å². The van der Waals surface area contributed by atoms with Crippen LogP contribution in [0.4, 0.5) is 0 Å². The van der Waals surface area contributed by atoms with Gasteiger partial charge in [-0.25, -0.2) is 4.98 Å². The van der Waals surface area contributed by atoms with Crippen molar-refractivity contribution < 1.29 is 9.90 Å². The van der Waals surface area contributed by atoms with Crippen LogP contribution in [0.15, 0.2) is 12.5 Å². The zero-order valence-electron chi connectivity index (χ0n) is 11.8. The molecule has 0 aliphatic heterocycles. The molecule has 1 aromatic heterocycles. The number of aliphatic hydroxyl groups excluding tert-OH is 1. The molecule has 5 N–H and O–H groups in total. The van der Waals surface area contributed by atoms with E-state index in [9.17, 15) is 9.90 Å². The van der Waals surface area contributed by atoms with Crippen molar-refractivity contribution in [2.75, 3.05) is 13.2 Å². The Bertz CT molecular complexity index is 413. The number of hydrogen-bond donors (Lipinski definition) is 4. The summed E-state index contributed by atoms with van der Waals surface area (Å²) in [7, 11) is 0. The molecule has 1 saturated carbocycles. The van der Waals surface area contributed by atoms with E-state index < -0.39 is 5.41 Å². The van der Waals surface area contributed by atoms with E-state index in [2.05, 4.69) is 15.3 Å². The van der Waals surface area contributed by atoms with Gasteiger partial charge in [-0.15, -0.1) is 0 Å². The number of aromatic nitrogens is 2. The Balaban J connectivity index is 1.96. The summed E-state index contributed by atoms with van der Waals surface area (Å²) < 4.78 is 0. The van der Waals surface area contributed by atoms with Gasteiger partial charge in [-0.3, -0.25) is 4.79 Å². The highest BCUT2D eigenvalue weighted by atomic mass is 16.3. The Morgan fingerprint density at radius 3 is 2.80 bits per heavy atom. The lowest BCUT2D eigenvalue weighted by molar-refractivity contribution is -0.133. The van der Waals surface area contributed by atoms with Crippen LogP contribution in [0.5, 0.6) is 0 Å². The fourth-order valence-corrected chi connectivity index (χ4v) is 2.91. The van der Waals surface area contributed by atoms with E-state index in [0.29, 0.717) is 13.0 Å². The molecular weight excluding hydrogens is 256 g/mol. The summed E-state index contributed by atoms with van der Waals surface area (Å²) >= 11 is 0. The Morgan fingerprint density at radius 1 is 1.50 bits per heavy atom. The van der Waals surface area contributed by atoms with E-state index in [0.717, 1.165) is 31.4 Å². The lowest BCUT2D eigenvalue weighted by atomic mass is 9.73. The molecule has 1 atom stereocenters. The van der Waals surface area contributed by atoms with Gasteiger partial charge in [0.25, 0.3) is 0 Å². The van der Waals surface area contributed by atoms with Crippen LogP contribution in [0, 0.1) is 5.41 Å². The molecule has 0 radical (unpaired) electrons. The molecule has 1 aliphatic rings. The largest absolute Gasteiger partial charge is 0.394 e. The topological polar surface area (TPSA) is 104 Å². The van der Waals surface area contributed by atoms with Gasteiger partial charge in [0.2, 0.25) is 5.91 Å². The van der Waals surface area contributed by atoms with Gasteiger partial charge in [-0.2, -0.15) is 0 Å². The number of amides is 1. The molecule has 20 heavy (non-hydrogen) atoms. The third kappa shape index (κ3) is 3.37. The molecule has 0 aromatic carbocycles. The predicted octanol–water partition coefficient (Wildman–Crippen LogP) is 0.338. The summed E-state index contributed by atoms with van der Waals surface area (Å²) in [6.07, 6.45) is 8.80. The van der Waals surface area contributed by atoms with Gasteiger partial charge in [-0.1, -0.05) is 19.3 Å². The van der Waals surface area contributed by atoms with E-state index >= 15 is 0 Å². The number of nitrogens with zero attached hydrogens (tertiary/aromatic N) is 1. The van der Waals surface area contributed by atoms with Gasteiger partial charge in [0.15, 0.2) is 0 Å². The number of imidazole rings is 1. The number of hydrogen-bond acceptors (Lipinski definition) is 4. The van der Waals surface area contributed by atoms with Crippen molar-refractivity contribution in [3.8, 4) is 0 Å². The molecule has 6 heteroatoms. The maximum absolute atomic E-state index is 12.5. The molecule has 2 rings (SSSR count). The molecule has 1 aromatic rings. The molecular formula is C14H24N4O2. The Kier molecular flexibility index (Phi) is 5.14. The fourth-order valence-electron chi connectivity index (χ4n) is 2.91. The van der Waals surface area contributed by atoms with Gasteiger partial charge in [-0.05, 0) is 12.8 Å². The van der Waals surface area contributed by atoms with Crippen molar-refractivity contribution in [1.82, 2.24) is 15.3 Å². The minimum absolute atomic E-state index is 0.0155. The monoisotopic (exact) mass is 280 g/mol. The summed E-state index contributed by atoms with van der Waals surface area (Å²) in [6.45, 7) is 0.284. The van der Waals surface area contributed by atoms with E-state index in [1.807, 2.05) is 0 Å². The number of H-pyrrole nitrogens is 1. The number of aliphatic hydroxyl groups is 1. The molecule has 1 heterocycles. The molecule has 6 nitrogen and oxygen atoms in total. The zero-order valence-corrected chi connectivity index (χ0v) is 11.8. The summed E-state index contributed by atoms with van der Waals surface area (Å²) in [5, 5.41) is 12.4. The molecule has 112 valence electrons. The molecule has 0 saturated heterocycles. The second-order valence-electron chi connectivity index (χ2n) is 5.68. The Hall–Kier alpha value is -1.40. The van der Waals surface area contributed by atoms with Crippen LogP contribution in [-0.2, 0) is 11.2 Å². The normalized spacial score (nSPS) is 19.5. The highest BCUT2D eigenvalue weighted by Gasteiger charge is 2.38. The highest BCUT2D eigenvalue weighted by molar-refractivity contribution is 5.83. The number of carbonyl (C=O) groups is 1.